The lowest BCUT2D eigenvalue weighted by Gasteiger charge is -2.24. The molecule has 0 heterocycles. The van der Waals surface area contributed by atoms with Gasteiger partial charge in [-0.25, -0.2) is 8.42 Å². The van der Waals surface area contributed by atoms with Crippen molar-refractivity contribution in [1.82, 2.24) is 0 Å². The van der Waals surface area contributed by atoms with Crippen LogP contribution in [0.25, 0.3) is 0 Å². The van der Waals surface area contributed by atoms with Crippen LogP contribution < -0.4 is 14.9 Å². The van der Waals surface area contributed by atoms with Gasteiger partial charge in [0.05, 0.1) is 10.6 Å². The summed E-state index contributed by atoms with van der Waals surface area (Å²) in [5, 5.41) is 5.60. The molecule has 0 atom stereocenters. The van der Waals surface area contributed by atoms with E-state index < -0.39 is 22.5 Å². The number of amides is 2. The van der Waals surface area contributed by atoms with Crippen LogP contribution in [-0.2, 0) is 20.2 Å². The van der Waals surface area contributed by atoms with Gasteiger partial charge in [0.2, 0.25) is 5.91 Å². The molecule has 2 amide bonds. The van der Waals surface area contributed by atoms with Crippen molar-refractivity contribution in [2.24, 2.45) is 0 Å². The first-order valence-corrected chi connectivity index (χ1v) is 14.8. The van der Waals surface area contributed by atoms with Gasteiger partial charge in [0.25, 0.3) is 15.9 Å². The summed E-state index contributed by atoms with van der Waals surface area (Å²) in [4.78, 5) is 26.0. The van der Waals surface area contributed by atoms with Crippen LogP contribution in [0.3, 0.4) is 0 Å². The standard InChI is InChI=1S/C31H30BrN3O4S/c1-31(2,3)23-17-15-22(16-18-23)30(37)34-26-11-8-10-25(20-26)33-29(36)21-35(27-12-7-9-24(32)19-27)40(38,39)28-13-5-4-6-14-28/h4-20H,21H2,1-3H3,(H,33,36)(H,34,37). The lowest BCUT2D eigenvalue weighted by molar-refractivity contribution is -0.114. The molecule has 0 saturated heterocycles. The van der Waals surface area contributed by atoms with Crippen LogP contribution in [0.1, 0.15) is 36.7 Å². The summed E-state index contributed by atoms with van der Waals surface area (Å²) in [6.07, 6.45) is 0. The highest BCUT2D eigenvalue weighted by atomic mass is 79.9. The van der Waals surface area contributed by atoms with Crippen molar-refractivity contribution < 1.29 is 18.0 Å². The number of anilines is 3. The van der Waals surface area contributed by atoms with E-state index in [1.54, 1.807) is 78.9 Å². The molecule has 4 aromatic carbocycles. The summed E-state index contributed by atoms with van der Waals surface area (Å²) in [6.45, 7) is 5.87. The number of rotatable bonds is 8. The molecule has 0 aliphatic rings. The largest absolute Gasteiger partial charge is 0.324 e. The van der Waals surface area contributed by atoms with Crippen LogP contribution in [0.15, 0.2) is 112 Å². The maximum Gasteiger partial charge on any atom is 0.264 e. The third-order valence-electron chi connectivity index (χ3n) is 6.13. The zero-order valence-corrected chi connectivity index (χ0v) is 24.8. The molecule has 0 saturated carbocycles. The van der Waals surface area contributed by atoms with E-state index in [0.717, 1.165) is 9.87 Å². The van der Waals surface area contributed by atoms with E-state index in [4.69, 9.17) is 0 Å². The van der Waals surface area contributed by atoms with Crippen LogP contribution >= 0.6 is 15.9 Å². The van der Waals surface area contributed by atoms with Crippen molar-refractivity contribution in [2.45, 2.75) is 31.1 Å². The highest BCUT2D eigenvalue weighted by Gasteiger charge is 2.27. The van der Waals surface area contributed by atoms with E-state index in [0.29, 0.717) is 27.1 Å². The number of benzene rings is 4. The first kappa shape index (κ1) is 29.0. The van der Waals surface area contributed by atoms with Crippen molar-refractivity contribution in [2.75, 3.05) is 21.5 Å². The molecule has 9 heteroatoms. The highest BCUT2D eigenvalue weighted by Crippen LogP contribution is 2.27. The number of carbonyl (C=O) groups excluding carboxylic acids is 2. The molecule has 0 unspecified atom stereocenters. The normalized spacial score (nSPS) is 11.5. The third kappa shape index (κ3) is 7.16. The second-order valence-electron chi connectivity index (χ2n) is 10.2. The zero-order valence-electron chi connectivity index (χ0n) is 22.4. The number of nitrogens with one attached hydrogen (secondary N) is 2. The Hall–Kier alpha value is -3.95. The zero-order chi connectivity index (χ0) is 28.9. The fourth-order valence-corrected chi connectivity index (χ4v) is 5.82. The van der Waals surface area contributed by atoms with Crippen molar-refractivity contribution in [1.29, 1.82) is 0 Å². The van der Waals surface area contributed by atoms with E-state index in [1.165, 1.54) is 12.1 Å². The molecule has 0 aliphatic heterocycles. The Morgan fingerprint density at radius 2 is 1.40 bits per heavy atom. The number of hydrogen-bond donors (Lipinski definition) is 2. The summed E-state index contributed by atoms with van der Waals surface area (Å²) >= 11 is 3.37. The average Bonchev–Trinajstić information content (AvgIpc) is 2.92. The molecule has 4 rings (SSSR count). The molecule has 40 heavy (non-hydrogen) atoms. The Kier molecular flexibility index (Phi) is 8.76. The highest BCUT2D eigenvalue weighted by molar-refractivity contribution is 9.10. The van der Waals surface area contributed by atoms with Crippen molar-refractivity contribution >= 4 is 54.8 Å². The Morgan fingerprint density at radius 3 is 2.02 bits per heavy atom. The maximum atomic E-state index is 13.5. The Balaban J connectivity index is 1.50. The minimum Gasteiger partial charge on any atom is -0.324 e. The molecular formula is C31H30BrN3O4S. The average molecular weight is 621 g/mol. The Bertz CT molecular complexity index is 1620. The first-order chi connectivity index (χ1) is 18.9. The van der Waals surface area contributed by atoms with Gasteiger partial charge in [-0.2, -0.15) is 0 Å². The van der Waals surface area contributed by atoms with Gasteiger partial charge in [0.15, 0.2) is 0 Å². The fraction of sp³-hybridized carbons (Fsp3) is 0.161. The van der Waals surface area contributed by atoms with E-state index in [9.17, 15) is 18.0 Å². The maximum absolute atomic E-state index is 13.5. The SMILES string of the molecule is CC(C)(C)c1ccc(C(=O)Nc2cccc(NC(=O)CN(c3cccc(Br)c3)S(=O)(=O)c3ccccc3)c2)cc1. The molecule has 0 spiro atoms. The molecule has 0 aromatic heterocycles. The predicted octanol–water partition coefficient (Wildman–Crippen LogP) is 6.83. The number of sulfonamides is 1. The molecule has 0 bridgehead atoms. The van der Waals surface area contributed by atoms with Gasteiger partial charge < -0.3 is 10.6 Å². The number of hydrogen-bond acceptors (Lipinski definition) is 4. The second kappa shape index (κ2) is 12.1. The Morgan fingerprint density at radius 1 is 0.775 bits per heavy atom. The molecular weight excluding hydrogens is 590 g/mol. The molecule has 0 fully saturated rings. The summed E-state index contributed by atoms with van der Waals surface area (Å²) in [5.74, 6) is -0.820. The van der Waals surface area contributed by atoms with Crippen LogP contribution in [0, 0.1) is 0 Å². The Labute approximate surface area is 243 Å². The van der Waals surface area contributed by atoms with E-state index >= 15 is 0 Å². The van der Waals surface area contributed by atoms with Crippen molar-refractivity contribution in [3.8, 4) is 0 Å². The number of carbonyl (C=O) groups is 2. The van der Waals surface area contributed by atoms with Gasteiger partial charge >= 0.3 is 0 Å². The van der Waals surface area contributed by atoms with E-state index in [-0.39, 0.29) is 16.2 Å². The van der Waals surface area contributed by atoms with Gasteiger partial charge in [-0.15, -0.1) is 0 Å². The summed E-state index contributed by atoms with van der Waals surface area (Å²) in [5.41, 5.74) is 2.86. The lowest BCUT2D eigenvalue weighted by Crippen LogP contribution is -2.38. The first-order valence-electron chi connectivity index (χ1n) is 12.6. The monoisotopic (exact) mass is 619 g/mol. The third-order valence-corrected chi connectivity index (χ3v) is 8.41. The summed E-state index contributed by atoms with van der Waals surface area (Å²) < 4.78 is 28.7. The molecule has 7 nitrogen and oxygen atoms in total. The summed E-state index contributed by atoms with van der Waals surface area (Å²) in [6, 6.07) is 28.8. The minimum atomic E-state index is -4.03. The van der Waals surface area contributed by atoms with Crippen LogP contribution in [0.2, 0.25) is 0 Å². The van der Waals surface area contributed by atoms with Crippen LogP contribution in [0.5, 0.6) is 0 Å². The molecule has 0 radical (unpaired) electrons. The van der Waals surface area contributed by atoms with E-state index in [2.05, 4.69) is 47.3 Å². The number of halogens is 1. The van der Waals surface area contributed by atoms with Gasteiger partial charge in [0, 0.05) is 21.4 Å². The minimum absolute atomic E-state index is 0.0193. The number of nitrogens with zero attached hydrogens (tertiary/aromatic N) is 1. The molecule has 206 valence electrons. The van der Waals surface area contributed by atoms with Gasteiger partial charge in [-0.1, -0.05) is 79.2 Å². The summed E-state index contributed by atoms with van der Waals surface area (Å²) in [7, 11) is -4.03. The lowest BCUT2D eigenvalue weighted by atomic mass is 9.87. The van der Waals surface area contributed by atoms with Gasteiger partial charge in [0.1, 0.15) is 6.54 Å². The van der Waals surface area contributed by atoms with Crippen LogP contribution in [-0.4, -0.2) is 26.8 Å². The van der Waals surface area contributed by atoms with Gasteiger partial charge in [-0.3, -0.25) is 13.9 Å². The fourth-order valence-electron chi connectivity index (χ4n) is 4.00. The topological polar surface area (TPSA) is 95.6 Å². The quantitative estimate of drug-likeness (QED) is 0.226. The second-order valence-corrected chi connectivity index (χ2v) is 13.0. The van der Waals surface area contributed by atoms with Crippen molar-refractivity contribution in [3.05, 3.63) is 119 Å². The van der Waals surface area contributed by atoms with E-state index in [1.807, 2.05) is 12.1 Å². The molecule has 2 N–H and O–H groups in total. The molecule has 0 aliphatic carbocycles. The molecule has 4 aromatic rings. The van der Waals surface area contributed by atoms with Gasteiger partial charge in [-0.05, 0) is 71.6 Å². The van der Waals surface area contributed by atoms with Crippen LogP contribution in [0.4, 0.5) is 17.1 Å². The predicted molar refractivity (Wildman–Crippen MR) is 163 cm³/mol. The smallest absolute Gasteiger partial charge is 0.264 e. The van der Waals surface area contributed by atoms with Crippen molar-refractivity contribution in [3.63, 3.8) is 0 Å².